The molecule has 2 aromatic heterocycles. The minimum absolute atomic E-state index is 0.0237. The molecule has 0 aliphatic carbocycles. The molecule has 3 atom stereocenters. The van der Waals surface area contributed by atoms with Gasteiger partial charge in [0.2, 0.25) is 0 Å². The van der Waals surface area contributed by atoms with Gasteiger partial charge in [0.25, 0.3) is 5.91 Å². The zero-order chi connectivity index (χ0) is 22.2. The van der Waals surface area contributed by atoms with Crippen LogP contribution in [-0.2, 0) is 16.0 Å². The van der Waals surface area contributed by atoms with Crippen molar-refractivity contribution in [3.8, 4) is 0 Å². The fourth-order valence-electron chi connectivity index (χ4n) is 5.47. The van der Waals surface area contributed by atoms with E-state index in [1.54, 1.807) is 12.3 Å². The average molecular weight is 490 g/mol. The van der Waals surface area contributed by atoms with Crippen molar-refractivity contribution in [2.24, 2.45) is 0 Å². The van der Waals surface area contributed by atoms with Crippen LogP contribution in [-0.4, -0.2) is 52.1 Å². The van der Waals surface area contributed by atoms with Crippen LogP contribution in [0.2, 0.25) is 10.0 Å². The van der Waals surface area contributed by atoms with Crippen molar-refractivity contribution < 1.29 is 9.53 Å². The lowest BCUT2D eigenvalue weighted by molar-refractivity contribution is -0.155. The number of ether oxygens (including phenoxy) is 1. The van der Waals surface area contributed by atoms with E-state index in [9.17, 15) is 4.79 Å². The third-order valence-electron chi connectivity index (χ3n) is 6.93. The highest BCUT2D eigenvalue weighted by atomic mass is 35.5. The van der Waals surface area contributed by atoms with E-state index in [-0.39, 0.29) is 18.0 Å². The number of anilines is 2. The number of morpholine rings is 1. The lowest BCUT2D eigenvalue weighted by Crippen LogP contribution is -2.55. The zero-order valence-corrected chi connectivity index (χ0v) is 19.7. The number of nitrogen functional groups attached to an aromatic ring is 1. The normalized spacial score (nSPS) is 26.7. The number of amides is 1. The second kappa shape index (κ2) is 7.18. The molecule has 6 rings (SSSR count). The van der Waals surface area contributed by atoms with Gasteiger partial charge in [-0.2, -0.15) is 0 Å². The Labute approximate surface area is 199 Å². The molecule has 3 aromatic rings. The number of carbonyl (C=O) groups excluding carboxylic acids is 1. The number of hydrogen-bond donors (Lipinski definition) is 1. The van der Waals surface area contributed by atoms with E-state index in [1.807, 2.05) is 24.1 Å². The molecule has 0 spiro atoms. The van der Waals surface area contributed by atoms with Crippen LogP contribution in [0.15, 0.2) is 24.5 Å². The first-order chi connectivity index (χ1) is 15.4. The van der Waals surface area contributed by atoms with Gasteiger partial charge in [0, 0.05) is 23.0 Å². The van der Waals surface area contributed by atoms with Crippen molar-refractivity contribution in [2.45, 2.75) is 37.5 Å². The molecule has 2 saturated heterocycles. The highest BCUT2D eigenvalue weighted by Crippen LogP contribution is 2.46. The van der Waals surface area contributed by atoms with Gasteiger partial charge in [-0.25, -0.2) is 4.98 Å². The SMILES string of the molecule is C[C@H]1c2c(Cl)cc(Cl)cc2CCN1C(=O)[C@@]12C[C@@H](CO1)N(c1cncc3nc(N)sc13)C2. The van der Waals surface area contributed by atoms with E-state index in [4.69, 9.17) is 33.7 Å². The second-order valence-electron chi connectivity index (χ2n) is 8.74. The molecule has 0 unspecified atom stereocenters. The Kier molecular flexibility index (Phi) is 4.60. The molecular formula is C22H21Cl2N5O2S. The molecule has 0 radical (unpaired) electrons. The predicted molar refractivity (Wildman–Crippen MR) is 127 cm³/mol. The van der Waals surface area contributed by atoms with Gasteiger partial charge >= 0.3 is 0 Å². The van der Waals surface area contributed by atoms with Crippen molar-refractivity contribution in [3.63, 3.8) is 0 Å². The van der Waals surface area contributed by atoms with Crippen LogP contribution < -0.4 is 10.6 Å². The van der Waals surface area contributed by atoms with Gasteiger partial charge in [-0.1, -0.05) is 34.5 Å². The highest BCUT2D eigenvalue weighted by molar-refractivity contribution is 7.22. The Hall–Kier alpha value is -2.13. The highest BCUT2D eigenvalue weighted by Gasteiger charge is 2.58. The second-order valence-corrected chi connectivity index (χ2v) is 10.6. The topological polar surface area (TPSA) is 84.6 Å². The lowest BCUT2D eigenvalue weighted by Gasteiger charge is -2.41. The van der Waals surface area contributed by atoms with Crippen LogP contribution in [0.3, 0.4) is 0 Å². The summed E-state index contributed by atoms with van der Waals surface area (Å²) in [7, 11) is 0. The molecule has 166 valence electrons. The Morgan fingerprint density at radius 1 is 1.34 bits per heavy atom. The van der Waals surface area contributed by atoms with Crippen LogP contribution >= 0.6 is 34.5 Å². The lowest BCUT2D eigenvalue weighted by atomic mass is 9.91. The number of carbonyl (C=O) groups is 1. The van der Waals surface area contributed by atoms with E-state index in [0.29, 0.717) is 41.3 Å². The summed E-state index contributed by atoms with van der Waals surface area (Å²) in [6.45, 7) is 3.63. The third kappa shape index (κ3) is 2.93. The molecule has 1 amide bonds. The van der Waals surface area contributed by atoms with Crippen molar-refractivity contribution in [1.82, 2.24) is 14.9 Å². The van der Waals surface area contributed by atoms with Gasteiger partial charge in [0.15, 0.2) is 10.7 Å². The molecule has 5 heterocycles. The first-order valence-electron chi connectivity index (χ1n) is 10.6. The van der Waals surface area contributed by atoms with Crippen LogP contribution in [0, 0.1) is 0 Å². The standard InChI is InChI=1S/C22H21Cl2N5O2S/c1-11-18-12(4-13(23)5-15(18)24)2-3-28(11)20(30)22-6-14(9-31-22)29(10-22)17-8-26-7-16-19(17)32-21(25)27-16/h4-5,7-8,11,14H,2-3,6,9-10H2,1H3,(H2,25,27)/t11-,14-,22-/m0/s1. The maximum Gasteiger partial charge on any atom is 0.257 e. The predicted octanol–water partition coefficient (Wildman–Crippen LogP) is 4.07. The minimum Gasteiger partial charge on any atom is -0.375 e. The molecule has 2 N–H and O–H groups in total. The number of fused-ring (bicyclic) bond motifs is 4. The third-order valence-corrected chi connectivity index (χ3v) is 8.38. The van der Waals surface area contributed by atoms with Crippen molar-refractivity contribution >= 4 is 61.5 Å². The van der Waals surface area contributed by atoms with E-state index in [1.165, 1.54) is 11.3 Å². The Balaban J connectivity index is 1.32. The van der Waals surface area contributed by atoms with Gasteiger partial charge in [0.05, 0.1) is 48.0 Å². The summed E-state index contributed by atoms with van der Waals surface area (Å²) in [5.41, 5.74) is 8.90. The van der Waals surface area contributed by atoms with Crippen LogP contribution in [0.25, 0.3) is 10.2 Å². The van der Waals surface area contributed by atoms with E-state index in [2.05, 4.69) is 14.9 Å². The molecule has 2 fully saturated rings. The number of nitrogens with zero attached hydrogens (tertiary/aromatic N) is 4. The molecule has 2 bridgehead atoms. The number of aromatic nitrogens is 2. The summed E-state index contributed by atoms with van der Waals surface area (Å²) >= 11 is 14.2. The van der Waals surface area contributed by atoms with Gasteiger partial charge in [-0.15, -0.1) is 0 Å². The largest absolute Gasteiger partial charge is 0.375 e. The van der Waals surface area contributed by atoms with Gasteiger partial charge in [-0.3, -0.25) is 9.78 Å². The van der Waals surface area contributed by atoms with Gasteiger partial charge < -0.3 is 20.3 Å². The van der Waals surface area contributed by atoms with Crippen LogP contribution in [0.4, 0.5) is 10.8 Å². The molecular weight excluding hydrogens is 469 g/mol. The summed E-state index contributed by atoms with van der Waals surface area (Å²) in [5, 5.41) is 1.74. The van der Waals surface area contributed by atoms with E-state index in [0.717, 1.165) is 33.5 Å². The van der Waals surface area contributed by atoms with Crippen molar-refractivity contribution in [2.75, 3.05) is 30.3 Å². The number of halogens is 2. The zero-order valence-electron chi connectivity index (χ0n) is 17.3. The Morgan fingerprint density at radius 3 is 3.03 bits per heavy atom. The first-order valence-corrected chi connectivity index (χ1v) is 12.1. The number of hydrogen-bond acceptors (Lipinski definition) is 7. The van der Waals surface area contributed by atoms with Crippen LogP contribution in [0.5, 0.6) is 0 Å². The monoisotopic (exact) mass is 489 g/mol. The first kappa shape index (κ1) is 20.5. The Bertz CT molecular complexity index is 1270. The molecule has 10 heteroatoms. The maximum absolute atomic E-state index is 13.9. The fraction of sp³-hybridized carbons (Fsp3) is 0.409. The quantitative estimate of drug-likeness (QED) is 0.583. The molecule has 7 nitrogen and oxygen atoms in total. The number of rotatable bonds is 2. The number of pyridine rings is 1. The van der Waals surface area contributed by atoms with Crippen molar-refractivity contribution in [1.29, 1.82) is 0 Å². The summed E-state index contributed by atoms with van der Waals surface area (Å²) in [4.78, 5) is 26.7. The molecule has 3 aliphatic heterocycles. The molecule has 1 aromatic carbocycles. The number of benzene rings is 1. The minimum atomic E-state index is -0.867. The van der Waals surface area contributed by atoms with Crippen molar-refractivity contribution in [3.05, 3.63) is 45.7 Å². The Morgan fingerprint density at radius 2 is 2.19 bits per heavy atom. The smallest absolute Gasteiger partial charge is 0.257 e. The summed E-state index contributed by atoms with van der Waals surface area (Å²) in [6, 6.07) is 3.67. The van der Waals surface area contributed by atoms with E-state index >= 15 is 0 Å². The number of thiazole rings is 1. The fourth-order valence-corrected chi connectivity index (χ4v) is 7.00. The molecule has 0 saturated carbocycles. The maximum atomic E-state index is 13.9. The van der Waals surface area contributed by atoms with Crippen LogP contribution in [0.1, 0.15) is 30.5 Å². The molecule has 32 heavy (non-hydrogen) atoms. The number of nitrogens with two attached hydrogens (primary N) is 1. The van der Waals surface area contributed by atoms with Gasteiger partial charge in [0.1, 0.15) is 5.52 Å². The summed E-state index contributed by atoms with van der Waals surface area (Å²) in [6.07, 6.45) is 4.93. The average Bonchev–Trinajstić information content (AvgIpc) is 3.45. The summed E-state index contributed by atoms with van der Waals surface area (Å²) in [5.74, 6) is 0.0237. The van der Waals surface area contributed by atoms with Gasteiger partial charge in [-0.05, 0) is 36.6 Å². The van der Waals surface area contributed by atoms with E-state index < -0.39 is 5.60 Å². The summed E-state index contributed by atoms with van der Waals surface area (Å²) < 4.78 is 7.16. The molecule has 3 aliphatic rings.